The Bertz CT molecular complexity index is 380. The van der Waals surface area contributed by atoms with E-state index >= 15 is 0 Å². The molecule has 17 heavy (non-hydrogen) atoms. The molecule has 1 rings (SSSR count). The van der Waals surface area contributed by atoms with Crippen LogP contribution in [0.2, 0.25) is 0 Å². The van der Waals surface area contributed by atoms with Gasteiger partial charge in [0.05, 0.1) is 0 Å². The van der Waals surface area contributed by atoms with Gasteiger partial charge in [-0.05, 0) is 39.3 Å². The van der Waals surface area contributed by atoms with E-state index in [4.69, 9.17) is 4.74 Å². The van der Waals surface area contributed by atoms with Crippen molar-refractivity contribution in [3.05, 3.63) is 24.3 Å². The number of rotatable bonds is 4. The van der Waals surface area contributed by atoms with Gasteiger partial charge in [-0.2, -0.15) is 0 Å². The highest BCUT2D eigenvalue weighted by Crippen LogP contribution is 2.21. The van der Waals surface area contributed by atoms with Gasteiger partial charge in [0.25, 0.3) is 0 Å². The molecule has 0 atom stereocenters. The third-order valence-electron chi connectivity index (χ3n) is 2.02. The number of amides is 1. The predicted molar refractivity (Wildman–Crippen MR) is 70.4 cm³/mol. The van der Waals surface area contributed by atoms with E-state index in [1.807, 2.05) is 52.0 Å². The van der Waals surface area contributed by atoms with Crippen molar-refractivity contribution in [3.8, 4) is 5.75 Å². The molecule has 0 unspecified atom stereocenters. The van der Waals surface area contributed by atoms with Gasteiger partial charge in [-0.1, -0.05) is 13.0 Å². The summed E-state index contributed by atoms with van der Waals surface area (Å²) in [4.78, 5) is 11.5. The Morgan fingerprint density at radius 3 is 2.65 bits per heavy atom. The number of hydrogen-bond donors (Lipinski definition) is 1. The second-order valence-electron chi connectivity index (χ2n) is 5.04. The predicted octanol–water partition coefficient (Wildman–Crippen LogP) is 3.60. The molecule has 0 aliphatic heterocycles. The summed E-state index contributed by atoms with van der Waals surface area (Å²) in [5.74, 6) is 0.812. The molecule has 0 saturated heterocycles. The van der Waals surface area contributed by atoms with Crippen LogP contribution in [-0.2, 0) is 4.79 Å². The highest BCUT2D eigenvalue weighted by molar-refractivity contribution is 5.90. The van der Waals surface area contributed by atoms with E-state index in [1.165, 1.54) is 0 Å². The molecule has 0 aliphatic rings. The maximum absolute atomic E-state index is 11.5. The minimum absolute atomic E-state index is 0.0420. The number of nitrogens with one attached hydrogen (secondary N) is 1. The molecule has 1 N–H and O–H groups in total. The largest absolute Gasteiger partial charge is 0.488 e. The van der Waals surface area contributed by atoms with Crippen LogP contribution in [0.5, 0.6) is 5.75 Å². The fraction of sp³-hybridized carbons (Fsp3) is 0.500. The molecular weight excluding hydrogens is 214 g/mol. The topological polar surface area (TPSA) is 38.3 Å². The summed E-state index contributed by atoms with van der Waals surface area (Å²) in [6.45, 7) is 7.97. The summed E-state index contributed by atoms with van der Waals surface area (Å²) in [5.41, 5.74) is 0.552. The summed E-state index contributed by atoms with van der Waals surface area (Å²) in [5, 5.41) is 2.85. The first-order valence-electron chi connectivity index (χ1n) is 5.99. The van der Waals surface area contributed by atoms with Crippen LogP contribution in [0.1, 0.15) is 40.5 Å². The van der Waals surface area contributed by atoms with Gasteiger partial charge in [-0.25, -0.2) is 0 Å². The number of hydrogen-bond acceptors (Lipinski definition) is 2. The van der Waals surface area contributed by atoms with E-state index < -0.39 is 0 Å². The molecule has 0 fully saturated rings. The van der Waals surface area contributed by atoms with Crippen molar-refractivity contribution in [2.45, 2.75) is 46.1 Å². The van der Waals surface area contributed by atoms with Crippen LogP contribution in [0.15, 0.2) is 24.3 Å². The molecule has 0 heterocycles. The molecule has 0 spiro atoms. The average molecular weight is 235 g/mol. The summed E-state index contributed by atoms with van der Waals surface area (Å²) in [7, 11) is 0. The molecule has 0 bridgehead atoms. The molecule has 1 amide bonds. The molecule has 1 aromatic rings. The SMILES string of the molecule is CCCC(=O)Nc1cccc(OC(C)(C)C)c1. The Labute approximate surface area is 103 Å². The summed E-state index contributed by atoms with van der Waals surface area (Å²) in [6, 6.07) is 7.48. The van der Waals surface area contributed by atoms with Gasteiger partial charge >= 0.3 is 0 Å². The standard InChI is InChI=1S/C14H21NO2/c1-5-7-13(16)15-11-8-6-9-12(10-11)17-14(2,3)4/h6,8-10H,5,7H2,1-4H3,(H,15,16). The quantitative estimate of drug-likeness (QED) is 0.865. The number of ether oxygens (including phenoxy) is 1. The van der Waals surface area contributed by atoms with Gasteiger partial charge < -0.3 is 10.1 Å². The van der Waals surface area contributed by atoms with E-state index in [2.05, 4.69) is 5.32 Å². The fourth-order valence-electron chi connectivity index (χ4n) is 1.44. The van der Waals surface area contributed by atoms with Crippen molar-refractivity contribution in [2.24, 2.45) is 0 Å². The molecule has 3 heteroatoms. The smallest absolute Gasteiger partial charge is 0.224 e. The summed E-state index contributed by atoms with van der Waals surface area (Å²) < 4.78 is 5.73. The lowest BCUT2D eigenvalue weighted by Gasteiger charge is -2.21. The maximum Gasteiger partial charge on any atom is 0.224 e. The zero-order valence-corrected chi connectivity index (χ0v) is 11.0. The van der Waals surface area contributed by atoms with E-state index in [1.54, 1.807) is 0 Å². The third-order valence-corrected chi connectivity index (χ3v) is 2.02. The molecule has 0 radical (unpaired) electrons. The van der Waals surface area contributed by atoms with E-state index in [-0.39, 0.29) is 11.5 Å². The molecule has 3 nitrogen and oxygen atoms in total. The van der Waals surface area contributed by atoms with Crippen LogP contribution < -0.4 is 10.1 Å². The highest BCUT2D eigenvalue weighted by Gasteiger charge is 2.12. The molecule has 0 saturated carbocycles. The van der Waals surface area contributed by atoms with Crippen LogP contribution in [0.3, 0.4) is 0 Å². The second-order valence-corrected chi connectivity index (χ2v) is 5.04. The van der Waals surface area contributed by atoms with Gasteiger partial charge in [0.2, 0.25) is 5.91 Å². The molecule has 0 aliphatic carbocycles. The average Bonchev–Trinajstić information content (AvgIpc) is 2.15. The second kappa shape index (κ2) is 5.71. The Morgan fingerprint density at radius 1 is 1.35 bits per heavy atom. The number of benzene rings is 1. The van der Waals surface area contributed by atoms with Gasteiger partial charge in [-0.3, -0.25) is 4.79 Å². The Kier molecular flexibility index (Phi) is 4.55. The van der Waals surface area contributed by atoms with Crippen molar-refractivity contribution in [1.29, 1.82) is 0 Å². The van der Waals surface area contributed by atoms with Crippen molar-refractivity contribution in [2.75, 3.05) is 5.32 Å². The number of carbonyl (C=O) groups excluding carboxylic acids is 1. The van der Waals surface area contributed by atoms with Crippen LogP contribution in [0.25, 0.3) is 0 Å². The van der Waals surface area contributed by atoms with Crippen molar-refractivity contribution in [1.82, 2.24) is 0 Å². The highest BCUT2D eigenvalue weighted by atomic mass is 16.5. The third kappa shape index (κ3) is 5.38. The van der Waals surface area contributed by atoms with Gasteiger partial charge in [-0.15, -0.1) is 0 Å². The first-order chi connectivity index (χ1) is 7.90. The number of anilines is 1. The van der Waals surface area contributed by atoms with Crippen LogP contribution in [-0.4, -0.2) is 11.5 Å². The minimum atomic E-state index is -0.230. The molecule has 94 valence electrons. The fourth-order valence-corrected chi connectivity index (χ4v) is 1.44. The zero-order chi connectivity index (χ0) is 12.9. The maximum atomic E-state index is 11.5. The Hall–Kier alpha value is -1.51. The van der Waals surface area contributed by atoms with Crippen LogP contribution in [0, 0.1) is 0 Å². The van der Waals surface area contributed by atoms with Crippen molar-refractivity contribution >= 4 is 11.6 Å². The Morgan fingerprint density at radius 2 is 2.06 bits per heavy atom. The first-order valence-corrected chi connectivity index (χ1v) is 5.99. The van der Waals surface area contributed by atoms with Crippen molar-refractivity contribution in [3.63, 3.8) is 0 Å². The van der Waals surface area contributed by atoms with Gasteiger partial charge in [0.1, 0.15) is 11.4 Å². The molecule has 1 aromatic carbocycles. The number of carbonyl (C=O) groups is 1. The Balaban J connectivity index is 2.69. The van der Waals surface area contributed by atoms with E-state index in [0.717, 1.165) is 17.9 Å². The van der Waals surface area contributed by atoms with E-state index in [9.17, 15) is 4.79 Å². The minimum Gasteiger partial charge on any atom is -0.488 e. The zero-order valence-electron chi connectivity index (χ0n) is 11.0. The normalized spacial score (nSPS) is 11.1. The van der Waals surface area contributed by atoms with Gasteiger partial charge in [0, 0.05) is 18.2 Å². The lowest BCUT2D eigenvalue weighted by molar-refractivity contribution is -0.116. The van der Waals surface area contributed by atoms with E-state index in [0.29, 0.717) is 6.42 Å². The molecule has 0 aromatic heterocycles. The monoisotopic (exact) mass is 235 g/mol. The van der Waals surface area contributed by atoms with Crippen molar-refractivity contribution < 1.29 is 9.53 Å². The van der Waals surface area contributed by atoms with Crippen LogP contribution >= 0.6 is 0 Å². The lowest BCUT2D eigenvalue weighted by atomic mass is 10.2. The van der Waals surface area contributed by atoms with Crippen LogP contribution in [0.4, 0.5) is 5.69 Å². The molecular formula is C14H21NO2. The summed E-state index contributed by atoms with van der Waals surface area (Å²) >= 11 is 0. The first kappa shape index (κ1) is 13.6. The lowest BCUT2D eigenvalue weighted by Crippen LogP contribution is -2.23. The van der Waals surface area contributed by atoms with Gasteiger partial charge in [0.15, 0.2) is 0 Å². The summed E-state index contributed by atoms with van der Waals surface area (Å²) in [6.07, 6.45) is 1.40.